The van der Waals surface area contributed by atoms with Crippen molar-refractivity contribution in [3.63, 3.8) is 0 Å². The van der Waals surface area contributed by atoms with Gasteiger partial charge in [0.05, 0.1) is 6.10 Å². The molecule has 2 atom stereocenters. The van der Waals surface area contributed by atoms with Gasteiger partial charge in [0, 0.05) is 0 Å². The zero-order valence-corrected chi connectivity index (χ0v) is 10.3. The lowest BCUT2D eigenvalue weighted by atomic mass is 10.1. The average molecular weight is 222 g/mol. The highest BCUT2D eigenvalue weighted by atomic mass is 31.1. The van der Waals surface area contributed by atoms with Crippen LogP contribution in [0.1, 0.15) is 58.8 Å². The highest BCUT2D eigenvalue weighted by molar-refractivity contribution is 7.24. The molecule has 0 amide bonds. The maximum atomic E-state index is 8.36. The molecule has 0 aliphatic carbocycles. The number of rotatable bonds is 10. The molecular formula is C10H23O3P. The van der Waals surface area contributed by atoms with E-state index in [4.69, 9.17) is 9.78 Å². The molecule has 0 fully saturated rings. The molecule has 4 heteroatoms. The third-order valence-electron chi connectivity index (χ3n) is 2.21. The Balaban J connectivity index is 3.02. The summed E-state index contributed by atoms with van der Waals surface area (Å²) in [5.74, 6) is 0. The van der Waals surface area contributed by atoms with Gasteiger partial charge in [-0.15, -0.1) is 0 Å². The molecule has 2 unspecified atom stereocenters. The van der Waals surface area contributed by atoms with Crippen molar-refractivity contribution in [3.8, 4) is 0 Å². The molecule has 0 radical (unpaired) electrons. The van der Waals surface area contributed by atoms with E-state index in [1.807, 2.05) is 6.92 Å². The molecule has 0 aliphatic heterocycles. The van der Waals surface area contributed by atoms with E-state index in [2.05, 4.69) is 11.6 Å². The number of hydrogen-bond acceptors (Lipinski definition) is 3. The first-order valence-corrected chi connectivity index (χ1v) is 6.38. The summed E-state index contributed by atoms with van der Waals surface area (Å²) in [5, 5.41) is 0. The van der Waals surface area contributed by atoms with E-state index >= 15 is 0 Å². The zero-order valence-electron chi connectivity index (χ0n) is 9.29. The van der Waals surface area contributed by atoms with Crippen LogP contribution in [0.3, 0.4) is 0 Å². The molecule has 0 bridgehead atoms. The average Bonchev–Trinajstić information content (AvgIpc) is 2.20. The molecule has 1 N–H and O–H groups in total. The smallest absolute Gasteiger partial charge is 0.191 e. The summed E-state index contributed by atoms with van der Waals surface area (Å²) >= 11 is 0. The quantitative estimate of drug-likeness (QED) is 0.266. The predicted octanol–water partition coefficient (Wildman–Crippen LogP) is 3.57. The minimum atomic E-state index is -0.566. The highest BCUT2D eigenvalue weighted by Gasteiger charge is 2.02. The molecule has 0 spiro atoms. The van der Waals surface area contributed by atoms with Crippen LogP contribution in [0.15, 0.2) is 0 Å². The van der Waals surface area contributed by atoms with E-state index in [0.29, 0.717) is 0 Å². The van der Waals surface area contributed by atoms with Gasteiger partial charge in [-0.3, -0.25) is 0 Å². The van der Waals surface area contributed by atoms with Crippen molar-refractivity contribution in [3.05, 3.63) is 0 Å². The van der Waals surface area contributed by atoms with Crippen LogP contribution in [0.4, 0.5) is 0 Å². The second-order valence-corrected chi connectivity index (χ2v) is 3.99. The summed E-state index contributed by atoms with van der Waals surface area (Å²) in [7, 11) is -0.566. The summed E-state index contributed by atoms with van der Waals surface area (Å²) in [5.41, 5.74) is 0. The second-order valence-electron chi connectivity index (χ2n) is 3.64. The summed E-state index contributed by atoms with van der Waals surface area (Å²) in [6.45, 7) is 4.19. The van der Waals surface area contributed by atoms with Crippen molar-refractivity contribution in [1.29, 1.82) is 0 Å². The lowest BCUT2D eigenvalue weighted by Gasteiger charge is -2.09. The van der Waals surface area contributed by atoms with Crippen molar-refractivity contribution in [2.24, 2.45) is 0 Å². The third kappa shape index (κ3) is 10.4. The Morgan fingerprint density at radius 3 is 2.43 bits per heavy atom. The normalized spacial score (nSPS) is 13.9. The minimum Gasteiger partial charge on any atom is -0.350 e. The molecule has 0 aliphatic rings. The third-order valence-corrected chi connectivity index (χ3v) is 2.38. The van der Waals surface area contributed by atoms with E-state index in [1.54, 1.807) is 0 Å². The molecule has 86 valence electrons. The SMILES string of the molecule is CCCCCCCCC(C)OOPO. The first-order valence-electron chi connectivity index (χ1n) is 5.52. The first-order chi connectivity index (χ1) is 6.81. The molecule has 0 aromatic carbocycles. The van der Waals surface area contributed by atoms with Gasteiger partial charge in [-0.1, -0.05) is 45.4 Å². The van der Waals surface area contributed by atoms with E-state index in [0.717, 1.165) is 6.42 Å². The predicted molar refractivity (Wildman–Crippen MR) is 60.2 cm³/mol. The Morgan fingerprint density at radius 1 is 1.14 bits per heavy atom. The fraction of sp³-hybridized carbons (Fsp3) is 1.00. The van der Waals surface area contributed by atoms with Gasteiger partial charge in [-0.2, -0.15) is 4.67 Å². The first kappa shape index (κ1) is 14.3. The molecule has 0 heterocycles. The molecule has 3 nitrogen and oxygen atoms in total. The van der Waals surface area contributed by atoms with Gasteiger partial charge < -0.3 is 4.89 Å². The maximum absolute atomic E-state index is 8.36. The van der Waals surface area contributed by atoms with E-state index in [1.165, 1.54) is 38.5 Å². The van der Waals surface area contributed by atoms with Gasteiger partial charge in [0.2, 0.25) is 0 Å². The van der Waals surface area contributed by atoms with Crippen LogP contribution in [0.25, 0.3) is 0 Å². The molecule has 0 rings (SSSR count). The van der Waals surface area contributed by atoms with Gasteiger partial charge in [0.25, 0.3) is 0 Å². The van der Waals surface area contributed by atoms with Gasteiger partial charge >= 0.3 is 0 Å². The van der Waals surface area contributed by atoms with Crippen LogP contribution >= 0.6 is 9.03 Å². The van der Waals surface area contributed by atoms with Crippen LogP contribution in [0, 0.1) is 0 Å². The van der Waals surface area contributed by atoms with Crippen LogP contribution in [-0.4, -0.2) is 11.0 Å². The lowest BCUT2D eigenvalue weighted by molar-refractivity contribution is -0.237. The summed E-state index contributed by atoms with van der Waals surface area (Å²) in [6, 6.07) is 0. The van der Waals surface area contributed by atoms with Crippen molar-refractivity contribution < 1.29 is 14.5 Å². The Bertz CT molecular complexity index is 112. The van der Waals surface area contributed by atoms with Crippen LogP contribution in [0.5, 0.6) is 0 Å². The van der Waals surface area contributed by atoms with Crippen molar-refractivity contribution in [1.82, 2.24) is 0 Å². The number of unbranched alkanes of at least 4 members (excludes halogenated alkanes) is 5. The second kappa shape index (κ2) is 11.4. The largest absolute Gasteiger partial charge is 0.350 e. The van der Waals surface area contributed by atoms with Crippen LogP contribution in [0.2, 0.25) is 0 Å². The minimum absolute atomic E-state index is 0.0980. The molecule has 0 aromatic heterocycles. The monoisotopic (exact) mass is 222 g/mol. The summed E-state index contributed by atoms with van der Waals surface area (Å²) in [4.78, 5) is 13.2. The molecule has 0 aromatic rings. The van der Waals surface area contributed by atoms with E-state index in [9.17, 15) is 0 Å². The molecule has 0 saturated carbocycles. The fourth-order valence-corrected chi connectivity index (χ4v) is 1.57. The molecule has 14 heavy (non-hydrogen) atoms. The van der Waals surface area contributed by atoms with Gasteiger partial charge in [-0.25, -0.2) is 4.89 Å². The maximum Gasteiger partial charge on any atom is 0.191 e. The summed E-state index contributed by atoms with van der Waals surface area (Å²) in [6.07, 6.45) is 8.88. The Hall–Kier alpha value is 0.310. The van der Waals surface area contributed by atoms with Gasteiger partial charge in [0.15, 0.2) is 9.03 Å². The van der Waals surface area contributed by atoms with Crippen molar-refractivity contribution in [2.45, 2.75) is 64.9 Å². The van der Waals surface area contributed by atoms with Crippen molar-refractivity contribution >= 4 is 9.03 Å². The van der Waals surface area contributed by atoms with Gasteiger partial charge in [-0.05, 0) is 13.3 Å². The highest BCUT2D eigenvalue weighted by Crippen LogP contribution is 2.13. The topological polar surface area (TPSA) is 38.7 Å². The fourth-order valence-electron chi connectivity index (χ4n) is 1.36. The Kier molecular flexibility index (Phi) is 11.6. The van der Waals surface area contributed by atoms with Crippen LogP contribution < -0.4 is 0 Å². The number of hydrogen-bond donors (Lipinski definition) is 1. The molecule has 0 saturated heterocycles. The van der Waals surface area contributed by atoms with Gasteiger partial charge in [0.1, 0.15) is 0 Å². The van der Waals surface area contributed by atoms with Crippen molar-refractivity contribution in [2.75, 3.05) is 0 Å². The Morgan fingerprint density at radius 2 is 1.79 bits per heavy atom. The van der Waals surface area contributed by atoms with E-state index < -0.39 is 9.03 Å². The van der Waals surface area contributed by atoms with E-state index in [-0.39, 0.29) is 6.10 Å². The van der Waals surface area contributed by atoms with Crippen LogP contribution in [-0.2, 0) is 9.56 Å². The summed E-state index contributed by atoms with van der Waals surface area (Å²) < 4.78 is 4.47. The Labute approximate surface area is 89.1 Å². The standard InChI is InChI=1S/C10H23O3P/c1-3-4-5-6-7-8-9-10(2)12-13-14-11/h10-11,14H,3-9H2,1-2H3. The lowest BCUT2D eigenvalue weighted by Crippen LogP contribution is -2.05. The molecular weight excluding hydrogens is 199 g/mol. The zero-order chi connectivity index (χ0) is 10.6.